The molecule has 4 rings (SSSR count). The smallest absolute Gasteiger partial charge is 0.277 e. The molecule has 0 atom stereocenters. The Labute approximate surface area is 196 Å². The minimum atomic E-state index is -0.777. The first-order valence-corrected chi connectivity index (χ1v) is 10.7. The normalized spacial score (nSPS) is 10.8. The Morgan fingerprint density at radius 3 is 2.41 bits per heavy atom. The molecule has 0 unspecified atom stereocenters. The maximum atomic E-state index is 13.6. The predicted molar refractivity (Wildman–Crippen MR) is 125 cm³/mol. The second kappa shape index (κ2) is 9.19. The van der Waals surface area contributed by atoms with E-state index in [0.717, 1.165) is 28.5 Å². The number of aromatic nitrogens is 2. The Balaban J connectivity index is 1.87. The summed E-state index contributed by atoms with van der Waals surface area (Å²) >= 11 is 1.25. The van der Waals surface area contributed by atoms with Crippen molar-refractivity contribution in [1.82, 2.24) is 9.97 Å². The molecule has 172 valence electrons. The Morgan fingerprint density at radius 2 is 1.82 bits per heavy atom. The van der Waals surface area contributed by atoms with Gasteiger partial charge in [-0.3, -0.25) is 34.9 Å². The molecule has 0 aliphatic heterocycles. The number of amides is 1. The van der Waals surface area contributed by atoms with E-state index < -0.39 is 27.1 Å². The molecule has 1 amide bonds. The van der Waals surface area contributed by atoms with Gasteiger partial charge in [0.2, 0.25) is 0 Å². The average molecular weight is 479 g/mol. The van der Waals surface area contributed by atoms with Gasteiger partial charge < -0.3 is 4.74 Å². The highest BCUT2D eigenvalue weighted by molar-refractivity contribution is 7.22. The Hall–Kier alpha value is -4.45. The lowest BCUT2D eigenvalue weighted by Crippen LogP contribution is -2.30. The maximum absolute atomic E-state index is 13.6. The van der Waals surface area contributed by atoms with E-state index in [-0.39, 0.29) is 12.1 Å². The van der Waals surface area contributed by atoms with Crippen molar-refractivity contribution in [2.75, 3.05) is 12.0 Å². The summed E-state index contributed by atoms with van der Waals surface area (Å²) in [7, 11) is 1.52. The van der Waals surface area contributed by atoms with E-state index in [1.54, 1.807) is 30.6 Å². The van der Waals surface area contributed by atoms with E-state index in [1.807, 2.05) is 13.0 Å². The topological polar surface area (TPSA) is 142 Å². The van der Waals surface area contributed by atoms with E-state index in [1.165, 1.54) is 23.3 Å². The number of carbonyl (C=O) groups excluding carboxylic acids is 1. The fraction of sp³-hybridized carbons (Fsp3) is 0.136. The molecular weight excluding hydrogens is 462 g/mol. The van der Waals surface area contributed by atoms with Crippen LogP contribution in [0.4, 0.5) is 16.5 Å². The number of nitro benzene ring substituents is 2. The molecule has 0 saturated carbocycles. The Kier molecular flexibility index (Phi) is 6.15. The molecule has 0 N–H and O–H groups in total. The number of non-ortho nitro benzene ring substituents is 2. The molecule has 0 fully saturated rings. The minimum absolute atomic E-state index is 0.0460. The zero-order valence-corrected chi connectivity index (χ0v) is 18.8. The lowest BCUT2D eigenvalue weighted by atomic mass is 10.1. The largest absolute Gasteiger partial charge is 0.494 e. The number of nitro groups is 2. The van der Waals surface area contributed by atoms with E-state index in [2.05, 4.69) is 9.97 Å². The molecule has 0 saturated heterocycles. The van der Waals surface area contributed by atoms with Crippen molar-refractivity contribution in [1.29, 1.82) is 0 Å². The number of methoxy groups -OCH3 is 1. The van der Waals surface area contributed by atoms with Crippen LogP contribution < -0.4 is 9.64 Å². The molecule has 0 aliphatic carbocycles. The molecule has 2 heterocycles. The highest BCUT2D eigenvalue weighted by atomic mass is 32.1. The van der Waals surface area contributed by atoms with Gasteiger partial charge in [0.1, 0.15) is 11.3 Å². The van der Waals surface area contributed by atoms with Gasteiger partial charge in [0.25, 0.3) is 17.3 Å². The third kappa shape index (κ3) is 4.38. The molecule has 12 heteroatoms. The minimum Gasteiger partial charge on any atom is -0.494 e. The molecule has 0 radical (unpaired) electrons. The van der Waals surface area contributed by atoms with Gasteiger partial charge in [0.05, 0.1) is 39.8 Å². The van der Waals surface area contributed by atoms with Gasteiger partial charge in [-0.05, 0) is 30.2 Å². The van der Waals surface area contributed by atoms with Crippen LogP contribution in [0, 0.1) is 27.2 Å². The number of thiazole rings is 1. The zero-order valence-electron chi connectivity index (χ0n) is 18.0. The van der Waals surface area contributed by atoms with Crippen molar-refractivity contribution in [2.24, 2.45) is 0 Å². The van der Waals surface area contributed by atoms with Crippen molar-refractivity contribution in [3.8, 4) is 5.75 Å². The van der Waals surface area contributed by atoms with Crippen LogP contribution in [0.25, 0.3) is 10.2 Å². The second-order valence-electron chi connectivity index (χ2n) is 7.26. The molecule has 4 aromatic rings. The number of ether oxygens (including phenoxy) is 1. The summed E-state index contributed by atoms with van der Waals surface area (Å²) in [6.07, 6.45) is 3.17. The van der Waals surface area contributed by atoms with Crippen LogP contribution in [-0.4, -0.2) is 32.8 Å². The van der Waals surface area contributed by atoms with Gasteiger partial charge in [-0.2, -0.15) is 0 Å². The summed E-state index contributed by atoms with van der Waals surface area (Å²) in [6.45, 7) is 1.95. The van der Waals surface area contributed by atoms with Gasteiger partial charge in [-0.15, -0.1) is 0 Å². The van der Waals surface area contributed by atoms with Crippen LogP contribution in [0.5, 0.6) is 5.75 Å². The van der Waals surface area contributed by atoms with E-state index in [9.17, 15) is 25.0 Å². The third-order valence-electron chi connectivity index (χ3n) is 5.02. The number of aryl methyl sites for hydroxylation is 1. The number of fused-ring (bicyclic) bond motifs is 1. The molecule has 34 heavy (non-hydrogen) atoms. The van der Waals surface area contributed by atoms with E-state index in [0.29, 0.717) is 22.0 Å². The van der Waals surface area contributed by atoms with Gasteiger partial charge in [-0.25, -0.2) is 4.98 Å². The van der Waals surface area contributed by atoms with Crippen LogP contribution in [0.3, 0.4) is 0 Å². The number of benzene rings is 2. The van der Waals surface area contributed by atoms with Gasteiger partial charge in [-0.1, -0.05) is 23.5 Å². The fourth-order valence-corrected chi connectivity index (χ4v) is 4.41. The number of carbonyl (C=O) groups is 1. The highest BCUT2D eigenvalue weighted by Gasteiger charge is 2.27. The summed E-state index contributed by atoms with van der Waals surface area (Å²) in [5, 5.41) is 23.0. The van der Waals surface area contributed by atoms with Crippen molar-refractivity contribution in [2.45, 2.75) is 13.5 Å². The van der Waals surface area contributed by atoms with Crippen LogP contribution >= 0.6 is 11.3 Å². The lowest BCUT2D eigenvalue weighted by molar-refractivity contribution is -0.394. The van der Waals surface area contributed by atoms with Crippen molar-refractivity contribution < 1.29 is 19.4 Å². The summed E-state index contributed by atoms with van der Waals surface area (Å²) in [4.78, 5) is 44.7. The average Bonchev–Trinajstić information content (AvgIpc) is 3.29. The first kappa shape index (κ1) is 22.7. The number of nitrogens with zero attached hydrogens (tertiary/aromatic N) is 5. The van der Waals surface area contributed by atoms with Crippen LogP contribution in [-0.2, 0) is 6.54 Å². The van der Waals surface area contributed by atoms with Gasteiger partial charge >= 0.3 is 0 Å². The summed E-state index contributed by atoms with van der Waals surface area (Å²) in [5.41, 5.74) is 0.865. The number of anilines is 1. The van der Waals surface area contributed by atoms with Crippen LogP contribution in [0.15, 0.2) is 54.9 Å². The lowest BCUT2D eigenvalue weighted by Gasteiger charge is -2.20. The van der Waals surface area contributed by atoms with Crippen molar-refractivity contribution in [3.05, 3.63) is 91.8 Å². The predicted octanol–water partition coefficient (Wildman–Crippen LogP) is 4.67. The van der Waals surface area contributed by atoms with Crippen molar-refractivity contribution >= 4 is 44.0 Å². The molecule has 2 aromatic carbocycles. The number of pyridine rings is 1. The second-order valence-corrected chi connectivity index (χ2v) is 8.24. The quantitative estimate of drug-likeness (QED) is 0.275. The summed E-state index contributed by atoms with van der Waals surface area (Å²) < 4.78 is 6.21. The SMILES string of the molecule is COc1ccc(C)c2sc(N(Cc3cccnc3)C(=O)c3cc([N+](=O)[O-])cc([N+](=O)[O-])c3)nc12. The number of hydrogen-bond donors (Lipinski definition) is 0. The standard InChI is InChI=1S/C22H17N5O6S/c1-13-5-6-18(33-2)19-20(13)34-22(24-19)25(12-14-4-3-7-23-11-14)21(28)15-8-16(26(29)30)10-17(9-15)27(31)32/h3-11H,12H2,1-2H3. The third-order valence-corrected chi connectivity index (χ3v) is 6.24. The fourth-order valence-electron chi connectivity index (χ4n) is 3.36. The highest BCUT2D eigenvalue weighted by Crippen LogP contribution is 2.37. The van der Waals surface area contributed by atoms with E-state index in [4.69, 9.17) is 4.74 Å². The monoisotopic (exact) mass is 479 g/mol. The first-order valence-electron chi connectivity index (χ1n) is 9.87. The molecule has 0 aliphatic rings. The molecule has 2 aromatic heterocycles. The number of rotatable bonds is 7. The summed E-state index contributed by atoms with van der Waals surface area (Å²) in [6, 6.07) is 9.98. The van der Waals surface area contributed by atoms with Gasteiger partial charge in [0, 0.05) is 24.5 Å². The summed E-state index contributed by atoms with van der Waals surface area (Å²) in [5.74, 6) is -0.144. The Bertz CT molecular complexity index is 1390. The maximum Gasteiger partial charge on any atom is 0.277 e. The van der Waals surface area contributed by atoms with Crippen molar-refractivity contribution in [3.63, 3.8) is 0 Å². The van der Waals surface area contributed by atoms with Gasteiger partial charge in [0.15, 0.2) is 5.13 Å². The van der Waals surface area contributed by atoms with Crippen LogP contribution in [0.2, 0.25) is 0 Å². The molecule has 0 spiro atoms. The Morgan fingerprint density at radius 1 is 1.12 bits per heavy atom. The van der Waals surface area contributed by atoms with E-state index >= 15 is 0 Å². The number of hydrogen-bond acceptors (Lipinski definition) is 9. The first-order chi connectivity index (χ1) is 16.3. The van der Waals surface area contributed by atoms with Crippen LogP contribution in [0.1, 0.15) is 21.5 Å². The zero-order chi connectivity index (χ0) is 24.4. The molecular formula is C22H17N5O6S. The molecule has 11 nitrogen and oxygen atoms in total. The molecule has 0 bridgehead atoms.